The lowest BCUT2D eigenvalue weighted by Gasteiger charge is -2.36. The zero-order valence-corrected chi connectivity index (χ0v) is 22.3. The standard InChI is InChI=1S/C22H34FN7S.HI/c1-4-24-21(26-16-18-17-31-22(27-18)28(2)3)25-10-7-11-29-12-14-30(15-13-29)20-9-6-5-8-19(20)23;/h5-6,8-9,17H,4,7,10-16H2,1-3H3,(H2,24,25,26);1H. The lowest BCUT2D eigenvalue weighted by Crippen LogP contribution is -2.47. The maximum absolute atomic E-state index is 14.0. The number of rotatable bonds is 9. The quantitative estimate of drug-likeness (QED) is 0.207. The molecule has 1 aromatic carbocycles. The van der Waals surface area contributed by atoms with Gasteiger partial charge in [0.15, 0.2) is 11.1 Å². The Kier molecular flexibility index (Phi) is 11.5. The van der Waals surface area contributed by atoms with Crippen molar-refractivity contribution >= 4 is 52.1 Å². The number of anilines is 2. The Hall–Kier alpha value is -1.66. The van der Waals surface area contributed by atoms with Crippen molar-refractivity contribution in [2.45, 2.75) is 19.9 Å². The summed E-state index contributed by atoms with van der Waals surface area (Å²) in [5.41, 5.74) is 1.70. The summed E-state index contributed by atoms with van der Waals surface area (Å²) >= 11 is 1.63. The third-order valence-corrected chi connectivity index (χ3v) is 6.23. The Bertz CT molecular complexity index is 837. The highest BCUT2D eigenvalue weighted by molar-refractivity contribution is 14.0. The van der Waals surface area contributed by atoms with Gasteiger partial charge < -0.3 is 20.4 Å². The average Bonchev–Trinajstić information content (AvgIpc) is 3.25. The Morgan fingerprint density at radius 3 is 2.59 bits per heavy atom. The fourth-order valence-corrected chi connectivity index (χ4v) is 4.26. The maximum atomic E-state index is 14.0. The smallest absolute Gasteiger partial charge is 0.191 e. The number of aliphatic imine (C=N–C) groups is 1. The molecule has 0 bridgehead atoms. The maximum Gasteiger partial charge on any atom is 0.191 e. The van der Waals surface area contributed by atoms with E-state index in [1.165, 1.54) is 6.07 Å². The Morgan fingerprint density at radius 2 is 1.94 bits per heavy atom. The van der Waals surface area contributed by atoms with Gasteiger partial charge in [0.1, 0.15) is 5.82 Å². The number of aromatic nitrogens is 1. The molecule has 2 N–H and O–H groups in total. The van der Waals surface area contributed by atoms with Gasteiger partial charge in [-0.05, 0) is 32.0 Å². The third-order valence-electron chi connectivity index (χ3n) is 5.17. The fourth-order valence-electron chi connectivity index (χ4n) is 3.51. The molecule has 0 unspecified atom stereocenters. The molecule has 0 amide bonds. The molecule has 0 radical (unpaired) electrons. The van der Waals surface area contributed by atoms with Crippen molar-refractivity contribution in [3.8, 4) is 0 Å². The molecule has 0 aliphatic carbocycles. The molecule has 7 nitrogen and oxygen atoms in total. The molecular formula is C22H35FIN7S. The summed E-state index contributed by atoms with van der Waals surface area (Å²) in [6.45, 7) is 8.99. The number of nitrogens with one attached hydrogen (secondary N) is 2. The molecular weight excluding hydrogens is 540 g/mol. The molecule has 32 heavy (non-hydrogen) atoms. The van der Waals surface area contributed by atoms with E-state index in [1.54, 1.807) is 17.4 Å². The van der Waals surface area contributed by atoms with Crippen LogP contribution in [0.5, 0.6) is 0 Å². The van der Waals surface area contributed by atoms with Crippen LogP contribution in [0.3, 0.4) is 0 Å². The number of benzene rings is 1. The van der Waals surface area contributed by atoms with Crippen LogP contribution in [0.25, 0.3) is 0 Å². The van der Waals surface area contributed by atoms with Gasteiger partial charge in [-0.15, -0.1) is 35.3 Å². The monoisotopic (exact) mass is 575 g/mol. The molecule has 10 heteroatoms. The Labute approximate surface area is 212 Å². The van der Waals surface area contributed by atoms with E-state index in [0.29, 0.717) is 12.2 Å². The molecule has 1 fully saturated rings. The van der Waals surface area contributed by atoms with E-state index < -0.39 is 0 Å². The number of piperazine rings is 1. The summed E-state index contributed by atoms with van der Waals surface area (Å²) in [5, 5.41) is 9.78. The van der Waals surface area contributed by atoms with E-state index in [2.05, 4.69) is 42.7 Å². The van der Waals surface area contributed by atoms with Crippen LogP contribution in [0.4, 0.5) is 15.2 Å². The molecule has 0 atom stereocenters. The van der Waals surface area contributed by atoms with Gasteiger partial charge in [-0.25, -0.2) is 14.4 Å². The van der Waals surface area contributed by atoms with Crippen molar-refractivity contribution in [2.75, 3.05) is 69.7 Å². The summed E-state index contributed by atoms with van der Waals surface area (Å²) in [5.74, 6) is 0.692. The van der Waals surface area contributed by atoms with Gasteiger partial charge in [-0.1, -0.05) is 12.1 Å². The molecule has 1 saturated heterocycles. The first-order valence-corrected chi connectivity index (χ1v) is 11.8. The van der Waals surface area contributed by atoms with Crippen molar-refractivity contribution in [2.24, 2.45) is 4.99 Å². The predicted octanol–water partition coefficient (Wildman–Crippen LogP) is 3.23. The van der Waals surface area contributed by atoms with E-state index in [4.69, 9.17) is 0 Å². The average molecular weight is 576 g/mol. The number of nitrogens with zero attached hydrogens (tertiary/aromatic N) is 5. The van der Waals surface area contributed by atoms with Gasteiger partial charge >= 0.3 is 0 Å². The molecule has 0 spiro atoms. The zero-order chi connectivity index (χ0) is 22.1. The molecule has 1 aliphatic heterocycles. The van der Waals surface area contributed by atoms with Crippen molar-refractivity contribution < 1.29 is 4.39 Å². The van der Waals surface area contributed by atoms with Gasteiger partial charge in [-0.2, -0.15) is 0 Å². The van der Waals surface area contributed by atoms with Crippen LogP contribution in [0, 0.1) is 5.82 Å². The van der Waals surface area contributed by atoms with Crippen LogP contribution in [0.15, 0.2) is 34.6 Å². The number of hydrogen-bond donors (Lipinski definition) is 2. The van der Waals surface area contributed by atoms with Crippen LogP contribution in [-0.4, -0.2) is 75.8 Å². The van der Waals surface area contributed by atoms with E-state index in [0.717, 1.165) is 69.0 Å². The molecule has 1 aromatic heterocycles. The van der Waals surface area contributed by atoms with Gasteiger partial charge in [0.05, 0.1) is 17.9 Å². The SMILES string of the molecule is CCNC(=NCc1csc(N(C)C)n1)NCCCN1CCN(c2ccccc2F)CC1.I. The van der Waals surface area contributed by atoms with Gasteiger partial charge in [0.2, 0.25) is 0 Å². The molecule has 3 rings (SSSR count). The second-order valence-electron chi connectivity index (χ2n) is 7.77. The first-order valence-electron chi connectivity index (χ1n) is 10.9. The second kappa shape index (κ2) is 13.8. The number of guanidine groups is 1. The minimum absolute atomic E-state index is 0. The predicted molar refractivity (Wildman–Crippen MR) is 144 cm³/mol. The summed E-state index contributed by atoms with van der Waals surface area (Å²) < 4.78 is 14.0. The molecule has 0 saturated carbocycles. The highest BCUT2D eigenvalue weighted by Gasteiger charge is 2.18. The lowest BCUT2D eigenvalue weighted by molar-refractivity contribution is 0.254. The summed E-state index contributed by atoms with van der Waals surface area (Å²) in [6.07, 6.45) is 1.03. The minimum atomic E-state index is -0.133. The van der Waals surface area contributed by atoms with Crippen LogP contribution in [-0.2, 0) is 6.54 Å². The van der Waals surface area contributed by atoms with Crippen LogP contribution in [0.2, 0.25) is 0 Å². The van der Waals surface area contributed by atoms with E-state index >= 15 is 0 Å². The number of thiazole rings is 1. The third kappa shape index (κ3) is 8.04. The van der Waals surface area contributed by atoms with Gasteiger partial charge in [0.25, 0.3) is 0 Å². The largest absolute Gasteiger partial charge is 0.367 e. The molecule has 2 aromatic rings. The van der Waals surface area contributed by atoms with Crippen molar-refractivity contribution in [3.05, 3.63) is 41.2 Å². The molecule has 2 heterocycles. The molecule has 178 valence electrons. The summed E-state index contributed by atoms with van der Waals surface area (Å²) in [7, 11) is 3.99. The van der Waals surface area contributed by atoms with E-state index in [-0.39, 0.29) is 29.8 Å². The van der Waals surface area contributed by atoms with Crippen LogP contribution >= 0.6 is 35.3 Å². The normalized spacial score (nSPS) is 14.8. The zero-order valence-electron chi connectivity index (χ0n) is 19.2. The van der Waals surface area contributed by atoms with Crippen molar-refractivity contribution in [1.82, 2.24) is 20.5 Å². The second-order valence-corrected chi connectivity index (χ2v) is 8.61. The fraction of sp³-hybridized carbons (Fsp3) is 0.545. The summed E-state index contributed by atoms with van der Waals surface area (Å²) in [4.78, 5) is 15.8. The number of hydrogen-bond acceptors (Lipinski definition) is 6. The van der Waals surface area contributed by atoms with Crippen LogP contribution < -0.4 is 20.4 Å². The summed E-state index contributed by atoms with van der Waals surface area (Å²) in [6, 6.07) is 7.04. The topological polar surface area (TPSA) is 59.0 Å². The highest BCUT2D eigenvalue weighted by atomic mass is 127. The Morgan fingerprint density at radius 1 is 1.19 bits per heavy atom. The van der Waals surface area contributed by atoms with Crippen LogP contribution in [0.1, 0.15) is 19.0 Å². The number of halogens is 2. The first-order chi connectivity index (χ1) is 15.1. The Balaban J connectivity index is 0.00000363. The minimum Gasteiger partial charge on any atom is -0.367 e. The van der Waals surface area contributed by atoms with Crippen molar-refractivity contribution in [3.63, 3.8) is 0 Å². The van der Waals surface area contributed by atoms with Gasteiger partial charge in [0, 0.05) is 58.7 Å². The highest BCUT2D eigenvalue weighted by Crippen LogP contribution is 2.20. The van der Waals surface area contributed by atoms with E-state index in [1.807, 2.05) is 31.1 Å². The van der Waals surface area contributed by atoms with Crippen molar-refractivity contribution in [1.29, 1.82) is 0 Å². The van der Waals surface area contributed by atoms with Gasteiger partial charge in [-0.3, -0.25) is 4.90 Å². The number of para-hydroxylation sites is 1. The first kappa shape index (κ1) is 26.6. The lowest BCUT2D eigenvalue weighted by atomic mass is 10.2. The van der Waals surface area contributed by atoms with E-state index in [9.17, 15) is 4.39 Å². The molecule has 1 aliphatic rings.